The van der Waals surface area contributed by atoms with Crippen LogP contribution in [-0.4, -0.2) is 42.8 Å². The first kappa shape index (κ1) is 20.6. The molecule has 3 rings (SSSR count). The molecule has 0 saturated carbocycles. The van der Waals surface area contributed by atoms with E-state index in [4.69, 9.17) is 4.74 Å². The van der Waals surface area contributed by atoms with Gasteiger partial charge in [0.2, 0.25) is 0 Å². The molecule has 2 aliphatic heterocycles. The SMILES string of the molecule is CCCCCC1CCCN(N2CCC(CCOc3ccc(F)cc3)CC2)C1. The molecule has 0 N–H and O–H groups in total. The molecule has 0 amide bonds. The van der Waals surface area contributed by atoms with Crippen LogP contribution in [0.1, 0.15) is 64.7 Å². The van der Waals surface area contributed by atoms with Crippen LogP contribution in [-0.2, 0) is 0 Å². The molecule has 0 aromatic heterocycles. The van der Waals surface area contributed by atoms with Gasteiger partial charge in [0.05, 0.1) is 6.61 Å². The molecule has 2 fully saturated rings. The van der Waals surface area contributed by atoms with Crippen molar-refractivity contribution in [3.05, 3.63) is 30.1 Å². The van der Waals surface area contributed by atoms with Gasteiger partial charge in [0.15, 0.2) is 0 Å². The number of ether oxygens (including phenoxy) is 1. The topological polar surface area (TPSA) is 15.7 Å². The maximum Gasteiger partial charge on any atom is 0.123 e. The molecule has 0 radical (unpaired) electrons. The van der Waals surface area contributed by atoms with Crippen molar-refractivity contribution in [2.45, 2.75) is 64.7 Å². The molecule has 4 heteroatoms. The molecular weight excluding hydrogens is 339 g/mol. The Morgan fingerprint density at radius 3 is 2.44 bits per heavy atom. The van der Waals surface area contributed by atoms with E-state index >= 15 is 0 Å². The van der Waals surface area contributed by atoms with Gasteiger partial charge < -0.3 is 4.74 Å². The van der Waals surface area contributed by atoms with Crippen LogP contribution < -0.4 is 4.74 Å². The van der Waals surface area contributed by atoms with Gasteiger partial charge in [-0.15, -0.1) is 0 Å². The third-order valence-electron chi connectivity index (χ3n) is 6.31. The highest BCUT2D eigenvalue weighted by atomic mass is 19.1. The van der Waals surface area contributed by atoms with Gasteiger partial charge in [-0.2, -0.15) is 0 Å². The van der Waals surface area contributed by atoms with Crippen molar-refractivity contribution in [3.8, 4) is 5.75 Å². The molecule has 0 bridgehead atoms. The summed E-state index contributed by atoms with van der Waals surface area (Å²) in [6.45, 7) is 7.96. The minimum Gasteiger partial charge on any atom is -0.494 e. The second-order valence-electron chi connectivity index (χ2n) is 8.40. The van der Waals surface area contributed by atoms with Gasteiger partial charge in [-0.1, -0.05) is 26.2 Å². The largest absolute Gasteiger partial charge is 0.494 e. The molecular formula is C23H37FN2O. The third kappa shape index (κ3) is 6.76. The predicted molar refractivity (Wildman–Crippen MR) is 109 cm³/mol. The Kier molecular flexibility index (Phi) is 8.40. The van der Waals surface area contributed by atoms with Crippen LogP contribution in [0.4, 0.5) is 4.39 Å². The number of hydrogen-bond donors (Lipinski definition) is 0. The number of halogens is 1. The van der Waals surface area contributed by atoms with Crippen LogP contribution >= 0.6 is 0 Å². The van der Waals surface area contributed by atoms with Gasteiger partial charge in [-0.3, -0.25) is 0 Å². The van der Waals surface area contributed by atoms with Crippen LogP contribution in [0.15, 0.2) is 24.3 Å². The van der Waals surface area contributed by atoms with Crippen molar-refractivity contribution in [2.24, 2.45) is 11.8 Å². The Balaban J connectivity index is 1.32. The zero-order valence-corrected chi connectivity index (χ0v) is 17.0. The van der Waals surface area contributed by atoms with Crippen molar-refractivity contribution >= 4 is 0 Å². The molecule has 0 spiro atoms. The zero-order chi connectivity index (χ0) is 18.9. The highest BCUT2D eigenvalue weighted by molar-refractivity contribution is 5.21. The molecule has 1 aromatic rings. The lowest BCUT2D eigenvalue weighted by Crippen LogP contribution is -2.51. The van der Waals surface area contributed by atoms with Gasteiger partial charge in [-0.25, -0.2) is 14.4 Å². The van der Waals surface area contributed by atoms with E-state index in [1.165, 1.54) is 89.7 Å². The average molecular weight is 377 g/mol. The van der Waals surface area contributed by atoms with Crippen LogP contribution in [0.25, 0.3) is 0 Å². The summed E-state index contributed by atoms with van der Waals surface area (Å²) in [5.74, 6) is 2.23. The minimum atomic E-state index is -0.208. The first-order chi connectivity index (χ1) is 13.2. The first-order valence-corrected chi connectivity index (χ1v) is 11.1. The van der Waals surface area contributed by atoms with Crippen molar-refractivity contribution in [2.75, 3.05) is 32.8 Å². The highest BCUT2D eigenvalue weighted by Gasteiger charge is 2.27. The lowest BCUT2D eigenvalue weighted by atomic mass is 9.92. The van der Waals surface area contributed by atoms with Gasteiger partial charge >= 0.3 is 0 Å². The van der Waals surface area contributed by atoms with E-state index in [0.717, 1.165) is 30.6 Å². The van der Waals surface area contributed by atoms with E-state index in [-0.39, 0.29) is 5.82 Å². The van der Waals surface area contributed by atoms with Gasteiger partial charge in [0.1, 0.15) is 11.6 Å². The van der Waals surface area contributed by atoms with Crippen molar-refractivity contribution in [1.82, 2.24) is 10.0 Å². The van der Waals surface area contributed by atoms with Gasteiger partial charge in [-0.05, 0) is 74.6 Å². The minimum absolute atomic E-state index is 0.208. The van der Waals surface area contributed by atoms with E-state index < -0.39 is 0 Å². The number of nitrogens with zero attached hydrogens (tertiary/aromatic N) is 2. The summed E-state index contributed by atoms with van der Waals surface area (Å²) < 4.78 is 18.7. The van der Waals surface area contributed by atoms with E-state index in [9.17, 15) is 4.39 Å². The molecule has 27 heavy (non-hydrogen) atoms. The molecule has 1 atom stereocenters. The number of rotatable bonds is 9. The summed E-state index contributed by atoms with van der Waals surface area (Å²) >= 11 is 0. The van der Waals surface area contributed by atoms with Crippen LogP contribution in [0, 0.1) is 17.7 Å². The molecule has 1 aromatic carbocycles. The summed E-state index contributed by atoms with van der Waals surface area (Å²) in [7, 11) is 0. The Morgan fingerprint density at radius 1 is 0.926 bits per heavy atom. The average Bonchev–Trinajstić information content (AvgIpc) is 2.70. The van der Waals surface area contributed by atoms with Gasteiger partial charge in [0, 0.05) is 26.2 Å². The maximum atomic E-state index is 12.9. The van der Waals surface area contributed by atoms with Crippen LogP contribution in [0.2, 0.25) is 0 Å². The lowest BCUT2D eigenvalue weighted by molar-refractivity contribution is -0.0765. The van der Waals surface area contributed by atoms with E-state index in [0.29, 0.717) is 0 Å². The van der Waals surface area contributed by atoms with Crippen LogP contribution in [0.5, 0.6) is 5.75 Å². The monoisotopic (exact) mass is 376 g/mol. The van der Waals surface area contributed by atoms with Crippen molar-refractivity contribution in [1.29, 1.82) is 0 Å². The molecule has 1 unspecified atom stereocenters. The maximum absolute atomic E-state index is 12.9. The van der Waals surface area contributed by atoms with Crippen molar-refractivity contribution < 1.29 is 9.13 Å². The summed E-state index contributed by atoms with van der Waals surface area (Å²) in [4.78, 5) is 0. The fourth-order valence-electron chi connectivity index (χ4n) is 4.58. The van der Waals surface area contributed by atoms with Gasteiger partial charge in [0.25, 0.3) is 0 Å². The number of benzene rings is 1. The highest BCUT2D eigenvalue weighted by Crippen LogP contribution is 2.27. The van der Waals surface area contributed by atoms with E-state index in [1.54, 1.807) is 12.1 Å². The fourth-order valence-corrected chi connectivity index (χ4v) is 4.58. The Hall–Kier alpha value is -1.13. The Morgan fingerprint density at radius 2 is 1.70 bits per heavy atom. The molecule has 2 aliphatic rings. The molecule has 2 saturated heterocycles. The Bertz CT molecular complexity index is 528. The normalized spacial score (nSPS) is 22.8. The number of hydrazine groups is 1. The van der Waals surface area contributed by atoms with E-state index in [1.807, 2.05) is 0 Å². The van der Waals surface area contributed by atoms with Crippen LogP contribution in [0.3, 0.4) is 0 Å². The second-order valence-corrected chi connectivity index (χ2v) is 8.40. The van der Waals surface area contributed by atoms with E-state index in [2.05, 4.69) is 16.9 Å². The standard InChI is InChI=1S/C23H37FN2O/c1-2-3-4-6-21-7-5-15-26(19-21)25-16-12-20(13-17-25)14-18-27-23-10-8-22(24)9-11-23/h8-11,20-21H,2-7,12-19H2,1H3. The number of hydrogen-bond acceptors (Lipinski definition) is 3. The summed E-state index contributed by atoms with van der Waals surface area (Å²) in [6.07, 6.45) is 12.0. The van der Waals surface area contributed by atoms with Crippen molar-refractivity contribution in [3.63, 3.8) is 0 Å². The third-order valence-corrected chi connectivity index (χ3v) is 6.31. The summed E-state index contributed by atoms with van der Waals surface area (Å²) in [5, 5.41) is 5.29. The smallest absolute Gasteiger partial charge is 0.123 e. The molecule has 3 nitrogen and oxygen atoms in total. The first-order valence-electron chi connectivity index (χ1n) is 11.1. The summed E-state index contributed by atoms with van der Waals surface area (Å²) in [6, 6.07) is 6.35. The number of piperidine rings is 2. The Labute approximate surface area is 164 Å². The second kappa shape index (κ2) is 11.0. The molecule has 2 heterocycles. The lowest BCUT2D eigenvalue weighted by Gasteiger charge is -2.43. The predicted octanol–water partition coefficient (Wildman–Crippen LogP) is 5.51. The molecule has 0 aliphatic carbocycles. The zero-order valence-electron chi connectivity index (χ0n) is 17.0. The molecule has 152 valence electrons. The number of unbranched alkanes of at least 4 members (excludes halogenated alkanes) is 2. The fraction of sp³-hybridized carbons (Fsp3) is 0.739. The quantitative estimate of drug-likeness (QED) is 0.528. The summed E-state index contributed by atoms with van der Waals surface area (Å²) in [5.41, 5.74) is 0.